The first kappa shape index (κ1) is 15.3. The van der Waals surface area contributed by atoms with E-state index < -0.39 is 0 Å². The minimum absolute atomic E-state index is 0.182. The first-order valence-corrected chi connectivity index (χ1v) is 9.11. The second-order valence-electron chi connectivity index (χ2n) is 8.76. The predicted molar refractivity (Wildman–Crippen MR) is 86.7 cm³/mol. The molecule has 0 heterocycles. The van der Waals surface area contributed by atoms with Gasteiger partial charge in [0, 0.05) is 29.1 Å². The Hall–Kier alpha value is -1.25. The van der Waals surface area contributed by atoms with Crippen molar-refractivity contribution in [3.8, 4) is 0 Å². The lowest BCUT2D eigenvalue weighted by Gasteiger charge is -2.62. The van der Waals surface area contributed by atoms with E-state index in [1.807, 2.05) is 6.08 Å². The summed E-state index contributed by atoms with van der Waals surface area (Å²) in [4.78, 5) is 36.8. The van der Waals surface area contributed by atoms with E-state index in [9.17, 15) is 14.4 Å². The number of ketones is 2. The Bertz CT molecular complexity index is 633. The Morgan fingerprint density at radius 1 is 1.00 bits per heavy atom. The number of hydrogen-bond acceptors (Lipinski definition) is 3. The largest absolute Gasteiger partial charge is 0.303 e. The van der Waals surface area contributed by atoms with Crippen molar-refractivity contribution in [3.05, 3.63) is 11.6 Å². The average molecular weight is 314 g/mol. The van der Waals surface area contributed by atoms with Crippen molar-refractivity contribution < 1.29 is 14.4 Å². The summed E-state index contributed by atoms with van der Waals surface area (Å²) in [6.45, 7) is 4.35. The van der Waals surface area contributed by atoms with Crippen LogP contribution in [0.4, 0.5) is 0 Å². The highest BCUT2D eigenvalue weighted by atomic mass is 16.1. The van der Waals surface area contributed by atoms with Crippen molar-refractivity contribution >= 4 is 17.9 Å². The molecule has 3 heteroatoms. The van der Waals surface area contributed by atoms with Gasteiger partial charge in [-0.2, -0.15) is 0 Å². The monoisotopic (exact) mass is 314 g/mol. The van der Waals surface area contributed by atoms with Gasteiger partial charge in [-0.25, -0.2) is 0 Å². The van der Waals surface area contributed by atoms with Crippen LogP contribution >= 0.6 is 0 Å². The van der Waals surface area contributed by atoms with Crippen molar-refractivity contribution in [2.75, 3.05) is 0 Å². The first-order chi connectivity index (χ1) is 10.9. The molecule has 3 fully saturated rings. The van der Waals surface area contributed by atoms with Gasteiger partial charge in [-0.05, 0) is 56.4 Å². The standard InChI is InChI=1S/C20H26O3/c1-18-9-10-20(12-21)16(15(18)5-6-17(18)23)4-3-13-11-14(22)7-8-19(13,20)2/h11-12,15-16H,3-10H2,1-2H3/t15-,16-,18-,19-,20+/m0/s1. The minimum Gasteiger partial charge on any atom is -0.303 e. The molecule has 3 saturated carbocycles. The molecule has 0 aromatic carbocycles. The molecule has 0 spiro atoms. The van der Waals surface area contributed by atoms with Crippen LogP contribution in [-0.2, 0) is 14.4 Å². The second-order valence-corrected chi connectivity index (χ2v) is 8.76. The molecule has 3 nitrogen and oxygen atoms in total. The van der Waals surface area contributed by atoms with Crippen LogP contribution in [0.3, 0.4) is 0 Å². The van der Waals surface area contributed by atoms with Crippen LogP contribution in [0.1, 0.15) is 65.2 Å². The molecule has 0 bridgehead atoms. The summed E-state index contributed by atoms with van der Waals surface area (Å²) >= 11 is 0. The summed E-state index contributed by atoms with van der Waals surface area (Å²) in [7, 11) is 0. The molecular formula is C20H26O3. The zero-order chi connectivity index (χ0) is 16.5. The van der Waals surface area contributed by atoms with Crippen LogP contribution in [0.5, 0.6) is 0 Å². The van der Waals surface area contributed by atoms with Crippen molar-refractivity contribution in [1.29, 1.82) is 0 Å². The van der Waals surface area contributed by atoms with E-state index in [1.165, 1.54) is 11.9 Å². The van der Waals surface area contributed by atoms with Gasteiger partial charge in [0.2, 0.25) is 0 Å². The van der Waals surface area contributed by atoms with Gasteiger partial charge in [0.25, 0.3) is 0 Å². The summed E-state index contributed by atoms with van der Waals surface area (Å²) in [6, 6.07) is 0. The van der Waals surface area contributed by atoms with Gasteiger partial charge in [0.05, 0.1) is 0 Å². The zero-order valence-electron chi connectivity index (χ0n) is 14.2. The van der Waals surface area contributed by atoms with Crippen molar-refractivity contribution in [2.24, 2.45) is 28.1 Å². The van der Waals surface area contributed by atoms with Crippen LogP contribution < -0.4 is 0 Å². The maximum atomic E-state index is 12.5. The van der Waals surface area contributed by atoms with E-state index >= 15 is 0 Å². The van der Waals surface area contributed by atoms with Gasteiger partial charge in [0.1, 0.15) is 12.1 Å². The third kappa shape index (κ3) is 1.69. The molecule has 0 aromatic rings. The number of fused-ring (bicyclic) bond motifs is 5. The van der Waals surface area contributed by atoms with Crippen molar-refractivity contribution in [3.63, 3.8) is 0 Å². The quantitative estimate of drug-likeness (QED) is 0.694. The molecule has 0 aliphatic heterocycles. The number of Topliss-reactive ketones (excluding diaryl/α,β-unsaturated/α-hetero) is 1. The first-order valence-electron chi connectivity index (χ1n) is 9.11. The molecule has 124 valence electrons. The number of hydrogen-bond donors (Lipinski definition) is 0. The summed E-state index contributed by atoms with van der Waals surface area (Å²) in [5.41, 5.74) is 0.440. The highest BCUT2D eigenvalue weighted by molar-refractivity contribution is 5.92. The van der Waals surface area contributed by atoms with Gasteiger partial charge in [-0.15, -0.1) is 0 Å². The lowest BCUT2D eigenvalue weighted by Crippen LogP contribution is -2.59. The fourth-order valence-electron chi connectivity index (χ4n) is 6.65. The van der Waals surface area contributed by atoms with Crippen LogP contribution in [0.2, 0.25) is 0 Å². The zero-order valence-corrected chi connectivity index (χ0v) is 14.2. The molecule has 0 amide bonds. The number of rotatable bonds is 1. The van der Waals surface area contributed by atoms with Crippen LogP contribution in [0.25, 0.3) is 0 Å². The van der Waals surface area contributed by atoms with E-state index in [1.54, 1.807) is 0 Å². The average Bonchev–Trinajstić information content (AvgIpc) is 2.83. The van der Waals surface area contributed by atoms with Crippen LogP contribution in [-0.4, -0.2) is 17.9 Å². The fourth-order valence-corrected chi connectivity index (χ4v) is 6.65. The third-order valence-electron chi connectivity index (χ3n) is 8.22. The molecule has 4 aliphatic carbocycles. The highest BCUT2D eigenvalue weighted by Crippen LogP contribution is 2.69. The van der Waals surface area contributed by atoms with E-state index in [-0.39, 0.29) is 22.0 Å². The van der Waals surface area contributed by atoms with Crippen molar-refractivity contribution in [2.45, 2.75) is 65.2 Å². The SMILES string of the molecule is C[C@]12CCC(=O)C=C1CC[C@H]1[C@@H]3CCC(=O)[C@@]3(C)CC[C@@]12C=O. The number of carbonyl (C=O) groups excluding carboxylic acids is 3. The Labute approximate surface area is 137 Å². The van der Waals surface area contributed by atoms with Gasteiger partial charge < -0.3 is 4.79 Å². The van der Waals surface area contributed by atoms with Gasteiger partial charge in [-0.1, -0.05) is 19.4 Å². The Kier molecular flexibility index (Phi) is 3.09. The molecule has 0 saturated heterocycles. The van der Waals surface area contributed by atoms with E-state index in [0.29, 0.717) is 30.5 Å². The number of aldehydes is 1. The number of allylic oxidation sites excluding steroid dienone is 1. The van der Waals surface area contributed by atoms with E-state index in [4.69, 9.17) is 0 Å². The third-order valence-corrected chi connectivity index (χ3v) is 8.22. The Morgan fingerprint density at radius 3 is 2.48 bits per heavy atom. The van der Waals surface area contributed by atoms with E-state index in [0.717, 1.165) is 38.5 Å². The minimum atomic E-state index is -0.368. The van der Waals surface area contributed by atoms with E-state index in [2.05, 4.69) is 13.8 Å². The molecule has 0 radical (unpaired) electrons. The lowest BCUT2D eigenvalue weighted by molar-refractivity contribution is -0.156. The molecule has 0 unspecified atom stereocenters. The van der Waals surface area contributed by atoms with Crippen LogP contribution in [0.15, 0.2) is 11.6 Å². The normalized spacial score (nSPS) is 49.0. The molecular weight excluding hydrogens is 288 g/mol. The maximum Gasteiger partial charge on any atom is 0.155 e. The Balaban J connectivity index is 1.82. The summed E-state index contributed by atoms with van der Waals surface area (Å²) < 4.78 is 0. The number of carbonyl (C=O) groups is 3. The van der Waals surface area contributed by atoms with Gasteiger partial charge in [0.15, 0.2) is 5.78 Å². The van der Waals surface area contributed by atoms with Gasteiger partial charge in [-0.3, -0.25) is 9.59 Å². The lowest BCUT2D eigenvalue weighted by atomic mass is 9.40. The molecule has 0 aromatic heterocycles. The van der Waals surface area contributed by atoms with Crippen molar-refractivity contribution in [1.82, 2.24) is 0 Å². The van der Waals surface area contributed by atoms with Crippen LogP contribution in [0, 0.1) is 28.1 Å². The summed E-state index contributed by atoms with van der Waals surface area (Å²) in [5.74, 6) is 1.28. The summed E-state index contributed by atoms with van der Waals surface area (Å²) in [6.07, 6.45) is 9.57. The molecule has 0 N–H and O–H groups in total. The molecule has 5 atom stereocenters. The smallest absolute Gasteiger partial charge is 0.155 e. The molecule has 4 aliphatic rings. The highest BCUT2D eigenvalue weighted by Gasteiger charge is 2.66. The fraction of sp³-hybridized carbons (Fsp3) is 0.750. The predicted octanol–water partition coefficient (Wildman–Crippen LogP) is 3.66. The molecule has 4 rings (SSSR count). The second kappa shape index (κ2) is 4.64. The topological polar surface area (TPSA) is 51.2 Å². The maximum absolute atomic E-state index is 12.5. The summed E-state index contributed by atoms with van der Waals surface area (Å²) in [5, 5.41) is 0. The molecule has 23 heavy (non-hydrogen) atoms. The van der Waals surface area contributed by atoms with Gasteiger partial charge >= 0.3 is 0 Å². The Morgan fingerprint density at radius 2 is 1.74 bits per heavy atom.